The Morgan fingerprint density at radius 2 is 1.92 bits per heavy atom. The van der Waals surface area contributed by atoms with Crippen LogP contribution in [0, 0.1) is 0 Å². The van der Waals surface area contributed by atoms with Gasteiger partial charge in [0.1, 0.15) is 11.3 Å². The number of aromatic nitrogens is 1. The average Bonchev–Trinajstić information content (AvgIpc) is 2.59. The third-order valence-corrected chi connectivity index (χ3v) is 3.71. The van der Waals surface area contributed by atoms with Gasteiger partial charge in [-0.2, -0.15) is 0 Å². The summed E-state index contributed by atoms with van der Waals surface area (Å²) in [7, 11) is 1.50. The number of rotatable bonds is 5. The predicted molar refractivity (Wildman–Crippen MR) is 97.7 cm³/mol. The van der Waals surface area contributed by atoms with Crippen LogP contribution in [0.2, 0.25) is 0 Å². The number of benzene rings is 1. The second kappa shape index (κ2) is 7.86. The molecule has 0 atom stereocenters. The lowest BCUT2D eigenvalue weighted by Crippen LogP contribution is -2.24. The quantitative estimate of drug-likeness (QED) is 0.800. The standard InChI is InChI=1S/C19H22N2O5/c1-19(2,3)12-7-8-15(25-4)14(10-12)21-16(22)11-26-18(24)13-6-5-9-20-17(13)23/h5-10H,11H2,1-4H3,(H,20,23)(H,21,22). The number of ether oxygens (including phenoxy) is 2. The van der Waals surface area contributed by atoms with Gasteiger partial charge in [0, 0.05) is 6.20 Å². The number of carbonyl (C=O) groups is 2. The molecule has 0 aliphatic rings. The van der Waals surface area contributed by atoms with Gasteiger partial charge in [0.05, 0.1) is 12.8 Å². The molecule has 2 rings (SSSR count). The van der Waals surface area contributed by atoms with Crippen molar-refractivity contribution in [1.82, 2.24) is 4.98 Å². The van der Waals surface area contributed by atoms with E-state index in [-0.39, 0.29) is 11.0 Å². The van der Waals surface area contributed by atoms with Gasteiger partial charge in [0.15, 0.2) is 6.61 Å². The SMILES string of the molecule is COc1ccc(C(C)(C)C)cc1NC(=O)COC(=O)c1ccc[nH]c1=O. The molecule has 0 radical (unpaired) electrons. The molecule has 0 saturated carbocycles. The lowest BCUT2D eigenvalue weighted by Gasteiger charge is -2.21. The zero-order valence-corrected chi connectivity index (χ0v) is 15.2. The van der Waals surface area contributed by atoms with Crippen molar-refractivity contribution in [2.75, 3.05) is 19.0 Å². The van der Waals surface area contributed by atoms with Crippen molar-refractivity contribution in [2.45, 2.75) is 26.2 Å². The largest absolute Gasteiger partial charge is 0.495 e. The molecule has 0 saturated heterocycles. The molecule has 1 aromatic carbocycles. The van der Waals surface area contributed by atoms with Crippen molar-refractivity contribution in [3.63, 3.8) is 0 Å². The lowest BCUT2D eigenvalue weighted by atomic mass is 9.87. The van der Waals surface area contributed by atoms with Crippen LogP contribution in [0.25, 0.3) is 0 Å². The molecule has 26 heavy (non-hydrogen) atoms. The number of H-pyrrole nitrogens is 1. The highest BCUT2D eigenvalue weighted by Gasteiger charge is 2.18. The van der Waals surface area contributed by atoms with E-state index in [1.807, 2.05) is 12.1 Å². The number of anilines is 1. The van der Waals surface area contributed by atoms with E-state index in [2.05, 4.69) is 31.1 Å². The van der Waals surface area contributed by atoms with Crippen LogP contribution < -0.4 is 15.6 Å². The van der Waals surface area contributed by atoms with Crippen molar-refractivity contribution >= 4 is 17.6 Å². The van der Waals surface area contributed by atoms with Gasteiger partial charge in [0.2, 0.25) is 0 Å². The summed E-state index contributed by atoms with van der Waals surface area (Å²) in [5, 5.41) is 2.67. The zero-order valence-electron chi connectivity index (χ0n) is 15.2. The molecule has 0 aliphatic carbocycles. The van der Waals surface area contributed by atoms with Gasteiger partial charge in [-0.15, -0.1) is 0 Å². The van der Waals surface area contributed by atoms with Gasteiger partial charge in [-0.05, 0) is 35.2 Å². The molecule has 7 nitrogen and oxygen atoms in total. The Labute approximate surface area is 151 Å². The Morgan fingerprint density at radius 1 is 1.19 bits per heavy atom. The minimum absolute atomic E-state index is 0.105. The fourth-order valence-electron chi connectivity index (χ4n) is 2.25. The van der Waals surface area contributed by atoms with Crippen LogP contribution in [0.15, 0.2) is 41.3 Å². The van der Waals surface area contributed by atoms with E-state index >= 15 is 0 Å². The van der Waals surface area contributed by atoms with E-state index in [1.165, 1.54) is 25.4 Å². The normalized spacial score (nSPS) is 10.9. The Morgan fingerprint density at radius 3 is 2.54 bits per heavy atom. The van der Waals surface area contributed by atoms with Gasteiger partial charge in [-0.3, -0.25) is 9.59 Å². The summed E-state index contributed by atoms with van der Waals surface area (Å²) in [5.74, 6) is -0.898. The first-order chi connectivity index (χ1) is 12.2. The molecule has 1 heterocycles. The molecule has 0 bridgehead atoms. The average molecular weight is 358 g/mol. The van der Waals surface area contributed by atoms with Crippen LogP contribution in [0.3, 0.4) is 0 Å². The van der Waals surface area contributed by atoms with Gasteiger partial charge < -0.3 is 19.8 Å². The molecule has 0 fully saturated rings. The first-order valence-corrected chi connectivity index (χ1v) is 8.05. The van der Waals surface area contributed by atoms with Crippen LogP contribution in [0.1, 0.15) is 36.7 Å². The smallest absolute Gasteiger partial charge is 0.344 e. The Bertz CT molecular complexity index is 865. The fraction of sp³-hybridized carbons (Fsp3) is 0.316. The van der Waals surface area contributed by atoms with Crippen molar-refractivity contribution in [2.24, 2.45) is 0 Å². The molecule has 1 aromatic heterocycles. The van der Waals surface area contributed by atoms with Crippen molar-refractivity contribution in [3.05, 3.63) is 58.0 Å². The van der Waals surface area contributed by atoms with E-state index in [4.69, 9.17) is 9.47 Å². The topological polar surface area (TPSA) is 97.5 Å². The van der Waals surface area contributed by atoms with E-state index in [0.717, 1.165) is 5.56 Å². The minimum atomic E-state index is -0.864. The maximum atomic E-state index is 12.1. The summed E-state index contributed by atoms with van der Waals surface area (Å²) >= 11 is 0. The summed E-state index contributed by atoms with van der Waals surface area (Å²) in [6.07, 6.45) is 1.40. The maximum absolute atomic E-state index is 12.1. The molecular formula is C19H22N2O5. The summed E-state index contributed by atoms with van der Waals surface area (Å²) in [4.78, 5) is 37.9. The number of hydrogen-bond acceptors (Lipinski definition) is 5. The first kappa shape index (κ1) is 19.2. The predicted octanol–water partition coefficient (Wildman–Crippen LogP) is 2.48. The highest BCUT2D eigenvalue weighted by Crippen LogP contribution is 2.31. The number of pyridine rings is 1. The molecule has 2 aromatic rings. The molecule has 1 amide bonds. The summed E-state index contributed by atoms with van der Waals surface area (Å²) in [6, 6.07) is 8.35. The van der Waals surface area contributed by atoms with Crippen LogP contribution in [-0.2, 0) is 14.9 Å². The van der Waals surface area contributed by atoms with Gasteiger partial charge in [0.25, 0.3) is 11.5 Å². The first-order valence-electron chi connectivity index (χ1n) is 8.05. The van der Waals surface area contributed by atoms with E-state index in [1.54, 1.807) is 6.07 Å². The highest BCUT2D eigenvalue weighted by molar-refractivity contribution is 5.96. The van der Waals surface area contributed by atoms with Gasteiger partial charge in [-0.1, -0.05) is 26.8 Å². The highest BCUT2D eigenvalue weighted by atomic mass is 16.5. The Hall–Kier alpha value is -3.09. The number of aromatic amines is 1. The fourth-order valence-corrected chi connectivity index (χ4v) is 2.25. The number of nitrogens with one attached hydrogen (secondary N) is 2. The summed E-state index contributed by atoms with van der Waals surface area (Å²) < 4.78 is 10.2. The molecule has 2 N–H and O–H groups in total. The molecule has 138 valence electrons. The van der Waals surface area contributed by atoms with E-state index < -0.39 is 24.0 Å². The number of amides is 1. The summed E-state index contributed by atoms with van der Waals surface area (Å²) in [6.45, 7) is 5.65. The van der Waals surface area contributed by atoms with Crippen molar-refractivity contribution in [1.29, 1.82) is 0 Å². The second-order valence-corrected chi connectivity index (χ2v) is 6.70. The number of hydrogen-bond donors (Lipinski definition) is 2. The van der Waals surface area contributed by atoms with Crippen molar-refractivity contribution in [3.8, 4) is 5.75 Å². The third kappa shape index (κ3) is 4.72. The lowest BCUT2D eigenvalue weighted by molar-refractivity contribution is -0.119. The Balaban J connectivity index is 2.07. The zero-order chi connectivity index (χ0) is 19.3. The van der Waals surface area contributed by atoms with Crippen LogP contribution in [-0.4, -0.2) is 30.6 Å². The van der Waals surface area contributed by atoms with Crippen LogP contribution in [0.5, 0.6) is 5.75 Å². The van der Waals surface area contributed by atoms with Crippen LogP contribution in [0.4, 0.5) is 5.69 Å². The number of carbonyl (C=O) groups excluding carboxylic acids is 2. The van der Waals surface area contributed by atoms with Crippen molar-refractivity contribution < 1.29 is 19.1 Å². The van der Waals surface area contributed by atoms with Gasteiger partial charge in [-0.25, -0.2) is 4.79 Å². The maximum Gasteiger partial charge on any atom is 0.344 e. The minimum Gasteiger partial charge on any atom is -0.495 e. The number of methoxy groups -OCH3 is 1. The third-order valence-electron chi connectivity index (χ3n) is 3.71. The summed E-state index contributed by atoms with van der Waals surface area (Å²) in [5.41, 5.74) is 0.664. The molecule has 0 unspecified atom stereocenters. The van der Waals surface area contributed by atoms with E-state index in [0.29, 0.717) is 11.4 Å². The Kier molecular flexibility index (Phi) is 5.82. The monoisotopic (exact) mass is 358 g/mol. The van der Waals surface area contributed by atoms with Gasteiger partial charge >= 0.3 is 5.97 Å². The molecular weight excluding hydrogens is 336 g/mol. The molecule has 7 heteroatoms. The molecule has 0 spiro atoms. The number of esters is 1. The molecule has 0 aliphatic heterocycles. The van der Waals surface area contributed by atoms with E-state index in [9.17, 15) is 14.4 Å². The van der Waals surface area contributed by atoms with Crippen LogP contribution >= 0.6 is 0 Å². The second-order valence-electron chi connectivity index (χ2n) is 6.70.